The van der Waals surface area contributed by atoms with Crippen molar-refractivity contribution in [3.63, 3.8) is 0 Å². The van der Waals surface area contributed by atoms with Gasteiger partial charge in [0.15, 0.2) is 0 Å². The Morgan fingerprint density at radius 1 is 1.53 bits per heavy atom. The summed E-state index contributed by atoms with van der Waals surface area (Å²) in [6.45, 7) is 4.46. The highest BCUT2D eigenvalue weighted by Gasteiger charge is 2.05. The second-order valence-corrected chi connectivity index (χ2v) is 4.77. The largest absolute Gasteiger partial charge is 0.389 e. The van der Waals surface area contributed by atoms with Crippen molar-refractivity contribution in [2.45, 2.75) is 32.8 Å². The fourth-order valence-corrected chi connectivity index (χ4v) is 1.57. The number of benzene rings is 1. The van der Waals surface area contributed by atoms with E-state index in [0.29, 0.717) is 23.7 Å². The number of anilines is 1. The Hall–Kier alpha value is -1.46. The summed E-state index contributed by atoms with van der Waals surface area (Å²) in [5, 5.41) is 2.79. The monoisotopic (exact) mass is 280 g/mol. The maximum absolute atomic E-state index is 11.7. The van der Waals surface area contributed by atoms with Gasteiger partial charge >= 0.3 is 0 Å². The first-order chi connectivity index (χ1) is 9.02. The number of hydrogen-bond donors (Lipinski definition) is 2. The molecule has 0 aromatic heterocycles. The predicted molar refractivity (Wildman–Crippen MR) is 81.3 cm³/mol. The van der Waals surface area contributed by atoms with Crippen LogP contribution in [-0.4, -0.2) is 23.6 Å². The molecule has 1 unspecified atom stereocenters. The van der Waals surface area contributed by atoms with E-state index in [1.165, 1.54) is 0 Å². The molecule has 4 nitrogen and oxygen atoms in total. The lowest BCUT2D eigenvalue weighted by atomic mass is 10.2. The molecule has 0 fully saturated rings. The summed E-state index contributed by atoms with van der Waals surface area (Å²) in [5.41, 5.74) is 6.97. The Bertz CT molecular complexity index is 449. The molecular formula is C14H20N2O2S. The van der Waals surface area contributed by atoms with Crippen LogP contribution in [0.1, 0.15) is 32.3 Å². The van der Waals surface area contributed by atoms with Gasteiger partial charge in [-0.2, -0.15) is 0 Å². The molecule has 0 saturated heterocycles. The molecule has 1 rings (SSSR count). The summed E-state index contributed by atoms with van der Waals surface area (Å²) in [6, 6.07) is 7.18. The van der Waals surface area contributed by atoms with E-state index in [1.54, 1.807) is 18.2 Å². The molecule has 1 atom stereocenters. The third kappa shape index (κ3) is 5.81. The molecule has 5 heteroatoms. The van der Waals surface area contributed by atoms with Crippen molar-refractivity contribution in [1.29, 1.82) is 0 Å². The minimum Gasteiger partial charge on any atom is -0.389 e. The first-order valence-electron chi connectivity index (χ1n) is 6.34. The number of nitrogens with one attached hydrogen (secondary N) is 1. The number of carbonyl (C=O) groups excluding carboxylic acids is 1. The molecule has 0 heterocycles. The zero-order chi connectivity index (χ0) is 14.3. The Labute approximate surface area is 119 Å². The summed E-state index contributed by atoms with van der Waals surface area (Å²) in [4.78, 5) is 12.0. The van der Waals surface area contributed by atoms with Crippen LogP contribution in [0.25, 0.3) is 0 Å². The number of amides is 1. The first kappa shape index (κ1) is 15.6. The molecule has 1 aromatic carbocycles. The molecule has 3 N–H and O–H groups in total. The third-order valence-corrected chi connectivity index (χ3v) is 2.97. The molecule has 1 aromatic rings. The fraction of sp³-hybridized carbons (Fsp3) is 0.429. The zero-order valence-corrected chi connectivity index (χ0v) is 12.1. The minimum atomic E-state index is -0.0802. The zero-order valence-electron chi connectivity index (χ0n) is 11.3. The number of ether oxygens (including phenoxy) is 1. The second-order valence-electron chi connectivity index (χ2n) is 4.33. The average molecular weight is 280 g/mol. The highest BCUT2D eigenvalue weighted by atomic mass is 32.1. The lowest BCUT2D eigenvalue weighted by Gasteiger charge is -2.10. The van der Waals surface area contributed by atoms with Gasteiger partial charge in [-0.15, -0.1) is 0 Å². The van der Waals surface area contributed by atoms with Crippen LogP contribution in [-0.2, 0) is 9.53 Å². The smallest absolute Gasteiger partial charge is 0.226 e. The summed E-state index contributed by atoms with van der Waals surface area (Å²) in [6.07, 6.45) is 1.46. The van der Waals surface area contributed by atoms with Crippen LogP contribution in [0.3, 0.4) is 0 Å². The summed E-state index contributed by atoms with van der Waals surface area (Å²) in [7, 11) is 0. The van der Waals surface area contributed by atoms with Gasteiger partial charge in [0.2, 0.25) is 5.91 Å². The van der Waals surface area contributed by atoms with Crippen molar-refractivity contribution in [3.8, 4) is 0 Å². The van der Waals surface area contributed by atoms with E-state index in [0.717, 1.165) is 12.0 Å². The van der Waals surface area contributed by atoms with Crippen molar-refractivity contribution < 1.29 is 9.53 Å². The van der Waals surface area contributed by atoms with Gasteiger partial charge in [-0.3, -0.25) is 4.79 Å². The van der Waals surface area contributed by atoms with Gasteiger partial charge in [-0.25, -0.2) is 0 Å². The topological polar surface area (TPSA) is 64.3 Å². The second kappa shape index (κ2) is 7.86. The van der Waals surface area contributed by atoms with Crippen molar-refractivity contribution in [1.82, 2.24) is 0 Å². The summed E-state index contributed by atoms with van der Waals surface area (Å²) < 4.78 is 5.46. The predicted octanol–water partition coefficient (Wildman–Crippen LogP) is 2.46. The molecule has 104 valence electrons. The van der Waals surface area contributed by atoms with E-state index in [4.69, 9.17) is 22.7 Å². The van der Waals surface area contributed by atoms with Crippen LogP contribution < -0.4 is 11.1 Å². The van der Waals surface area contributed by atoms with E-state index in [9.17, 15) is 4.79 Å². The highest BCUT2D eigenvalue weighted by Crippen LogP contribution is 2.11. The minimum absolute atomic E-state index is 0.0802. The van der Waals surface area contributed by atoms with Gasteiger partial charge in [0.05, 0.1) is 19.1 Å². The van der Waals surface area contributed by atoms with E-state index in [-0.39, 0.29) is 12.0 Å². The Kier molecular flexibility index (Phi) is 6.45. The van der Waals surface area contributed by atoms with Gasteiger partial charge in [0.1, 0.15) is 4.99 Å². The SMILES string of the molecule is CCC(C)OCCC(=O)Nc1cccc(C(N)=S)c1. The van der Waals surface area contributed by atoms with Crippen LogP contribution in [0.5, 0.6) is 0 Å². The molecule has 0 aliphatic heterocycles. The van der Waals surface area contributed by atoms with Crippen LogP contribution in [0.15, 0.2) is 24.3 Å². The number of carbonyl (C=O) groups is 1. The van der Waals surface area contributed by atoms with Crippen LogP contribution in [0, 0.1) is 0 Å². The quantitative estimate of drug-likeness (QED) is 0.753. The van der Waals surface area contributed by atoms with Gasteiger partial charge in [-0.1, -0.05) is 31.3 Å². The fourth-order valence-electron chi connectivity index (χ4n) is 1.44. The van der Waals surface area contributed by atoms with Crippen molar-refractivity contribution in [2.24, 2.45) is 5.73 Å². The molecule has 0 saturated carbocycles. The normalized spacial score (nSPS) is 11.9. The Morgan fingerprint density at radius 3 is 2.89 bits per heavy atom. The first-order valence-corrected chi connectivity index (χ1v) is 6.75. The standard InChI is InChI=1S/C14H20N2O2S/c1-3-10(2)18-8-7-13(17)16-12-6-4-5-11(9-12)14(15)19/h4-6,9-10H,3,7-8H2,1-2H3,(H2,15,19)(H,16,17). The van der Waals surface area contributed by atoms with Crippen LogP contribution in [0.4, 0.5) is 5.69 Å². The Morgan fingerprint density at radius 2 is 2.26 bits per heavy atom. The van der Waals surface area contributed by atoms with Crippen molar-refractivity contribution in [3.05, 3.63) is 29.8 Å². The molecule has 0 aliphatic carbocycles. The lowest BCUT2D eigenvalue weighted by Crippen LogP contribution is -2.17. The number of nitrogens with two attached hydrogens (primary N) is 1. The van der Waals surface area contributed by atoms with Crippen molar-refractivity contribution in [2.75, 3.05) is 11.9 Å². The maximum atomic E-state index is 11.7. The van der Waals surface area contributed by atoms with E-state index in [2.05, 4.69) is 5.32 Å². The van der Waals surface area contributed by atoms with E-state index >= 15 is 0 Å². The third-order valence-electron chi connectivity index (χ3n) is 2.74. The van der Waals surface area contributed by atoms with E-state index in [1.807, 2.05) is 19.9 Å². The van der Waals surface area contributed by atoms with Crippen LogP contribution >= 0.6 is 12.2 Å². The number of hydrogen-bond acceptors (Lipinski definition) is 3. The maximum Gasteiger partial charge on any atom is 0.226 e. The van der Waals surface area contributed by atoms with Gasteiger partial charge in [0, 0.05) is 11.3 Å². The molecule has 1 amide bonds. The molecular weight excluding hydrogens is 260 g/mol. The van der Waals surface area contributed by atoms with Crippen molar-refractivity contribution >= 4 is 28.8 Å². The van der Waals surface area contributed by atoms with Gasteiger partial charge in [-0.05, 0) is 25.5 Å². The van der Waals surface area contributed by atoms with Gasteiger partial charge in [0.25, 0.3) is 0 Å². The molecule has 0 spiro atoms. The molecule has 0 bridgehead atoms. The lowest BCUT2D eigenvalue weighted by molar-refractivity contribution is -0.117. The average Bonchev–Trinajstić information content (AvgIpc) is 2.38. The highest BCUT2D eigenvalue weighted by molar-refractivity contribution is 7.80. The molecule has 0 radical (unpaired) electrons. The van der Waals surface area contributed by atoms with E-state index < -0.39 is 0 Å². The summed E-state index contributed by atoms with van der Waals surface area (Å²) >= 11 is 4.89. The molecule has 0 aliphatic rings. The Balaban J connectivity index is 2.44. The molecule has 19 heavy (non-hydrogen) atoms. The van der Waals surface area contributed by atoms with Crippen LogP contribution in [0.2, 0.25) is 0 Å². The van der Waals surface area contributed by atoms with Gasteiger partial charge < -0.3 is 15.8 Å². The number of rotatable bonds is 7. The summed E-state index contributed by atoms with van der Waals surface area (Å²) in [5.74, 6) is -0.0802. The number of thiocarbonyl (C=S) groups is 1.